The molecule has 0 bridgehead atoms. The van der Waals surface area contributed by atoms with Gasteiger partial charge in [-0.2, -0.15) is 0 Å². The molecular formula is C24H26N4O3. The van der Waals surface area contributed by atoms with Gasteiger partial charge >= 0.3 is 0 Å². The molecule has 2 heterocycles. The number of carbonyl (C=O) groups is 1. The van der Waals surface area contributed by atoms with Crippen LogP contribution in [0.25, 0.3) is 28.0 Å². The fourth-order valence-electron chi connectivity index (χ4n) is 3.91. The molecule has 3 aromatic rings. The number of nitrogens with zero attached hydrogens (tertiary/aromatic N) is 4. The van der Waals surface area contributed by atoms with E-state index in [1.807, 2.05) is 39.0 Å². The second kappa shape index (κ2) is 7.98. The van der Waals surface area contributed by atoms with Crippen LogP contribution in [0.15, 0.2) is 40.4 Å². The van der Waals surface area contributed by atoms with Crippen molar-refractivity contribution in [1.82, 2.24) is 14.7 Å². The number of aliphatic hydroxyl groups is 1. The Hall–Kier alpha value is -3.48. The van der Waals surface area contributed by atoms with Gasteiger partial charge < -0.3 is 9.63 Å². The van der Waals surface area contributed by atoms with Crippen LogP contribution in [0.1, 0.15) is 59.7 Å². The molecule has 0 atom stereocenters. The lowest BCUT2D eigenvalue weighted by Crippen LogP contribution is -2.13. The summed E-state index contributed by atoms with van der Waals surface area (Å²) >= 11 is 0. The van der Waals surface area contributed by atoms with Gasteiger partial charge in [0.15, 0.2) is 5.88 Å². The molecule has 7 heteroatoms. The first kappa shape index (κ1) is 20.8. The minimum absolute atomic E-state index is 0.117. The molecule has 0 saturated heterocycles. The second-order valence-electron chi connectivity index (χ2n) is 7.84. The lowest BCUT2D eigenvalue weighted by Gasteiger charge is -2.09. The van der Waals surface area contributed by atoms with E-state index in [0.717, 1.165) is 41.9 Å². The van der Waals surface area contributed by atoms with Gasteiger partial charge in [0.1, 0.15) is 22.8 Å². The molecule has 0 unspecified atom stereocenters. The van der Waals surface area contributed by atoms with Crippen LogP contribution in [0, 0.1) is 13.8 Å². The average Bonchev–Trinajstić information content (AvgIpc) is 3.43. The van der Waals surface area contributed by atoms with Crippen molar-refractivity contribution in [3.63, 3.8) is 0 Å². The number of rotatable bonds is 7. The number of benzene rings is 1. The summed E-state index contributed by atoms with van der Waals surface area (Å²) < 4.78 is 7.00. The summed E-state index contributed by atoms with van der Waals surface area (Å²) in [5.74, 6) is 1.30. The molecular weight excluding hydrogens is 392 g/mol. The van der Waals surface area contributed by atoms with Gasteiger partial charge in [-0.25, -0.2) is 4.98 Å². The van der Waals surface area contributed by atoms with E-state index >= 15 is 0 Å². The van der Waals surface area contributed by atoms with Crippen LogP contribution < -0.4 is 0 Å². The number of aromatic nitrogens is 3. The number of carbonyl (C=O) groups excluding carboxylic acids is 1. The number of imidazole rings is 1. The highest BCUT2D eigenvalue weighted by Gasteiger charge is 2.32. The Kier molecular flexibility index (Phi) is 5.35. The molecule has 1 aromatic carbocycles. The number of aliphatic imine (C=N–C) groups is 1. The number of aliphatic hydroxyl groups excluding tert-OH is 1. The molecule has 0 aliphatic heterocycles. The van der Waals surface area contributed by atoms with Gasteiger partial charge in [0.2, 0.25) is 5.78 Å². The Labute approximate surface area is 180 Å². The van der Waals surface area contributed by atoms with Crippen molar-refractivity contribution in [2.24, 2.45) is 4.99 Å². The highest BCUT2D eigenvalue weighted by Crippen LogP contribution is 2.43. The molecule has 1 aliphatic carbocycles. The third-order valence-corrected chi connectivity index (χ3v) is 5.54. The zero-order chi connectivity index (χ0) is 22.3. The van der Waals surface area contributed by atoms with Gasteiger partial charge in [-0.3, -0.25) is 14.4 Å². The average molecular weight is 418 g/mol. The quantitative estimate of drug-likeness (QED) is 0.315. The van der Waals surface area contributed by atoms with E-state index in [9.17, 15) is 9.90 Å². The van der Waals surface area contributed by atoms with E-state index in [4.69, 9.17) is 9.51 Å². The molecule has 1 N–H and O–H groups in total. The van der Waals surface area contributed by atoms with E-state index in [0.29, 0.717) is 28.1 Å². The highest BCUT2D eigenvalue weighted by molar-refractivity contribution is 6.51. The van der Waals surface area contributed by atoms with E-state index < -0.39 is 0 Å². The predicted octanol–water partition coefficient (Wildman–Crippen LogP) is 5.39. The molecule has 0 amide bonds. The third kappa shape index (κ3) is 3.60. The smallest absolute Gasteiger partial charge is 0.213 e. The molecule has 4 rings (SSSR count). The summed E-state index contributed by atoms with van der Waals surface area (Å²) in [6.07, 6.45) is 6.43. The standard InChI is InChI=1S/C24H26N4O3/c1-6-7-8-19(25-5)23(30)18-11-17(21-13(2)27-31-14(21)3)12-20-22(18)26-24(16-9-10-16)28(20)15(4)29/h7-8,11-12,16,29H,4,6,9-10H2,1-3,5H3/b8-7-,25-19?. The topological polar surface area (TPSA) is 93.5 Å². The van der Waals surface area contributed by atoms with Crippen molar-refractivity contribution >= 4 is 28.4 Å². The van der Waals surface area contributed by atoms with Gasteiger partial charge in [0.25, 0.3) is 0 Å². The van der Waals surface area contributed by atoms with Crippen LogP contribution in [0.4, 0.5) is 0 Å². The number of allylic oxidation sites excluding steroid dienone is 2. The molecule has 1 saturated carbocycles. The highest BCUT2D eigenvalue weighted by atomic mass is 16.5. The van der Waals surface area contributed by atoms with Crippen LogP contribution in [-0.2, 0) is 0 Å². The number of hydrogen-bond donors (Lipinski definition) is 1. The molecule has 1 aliphatic rings. The Morgan fingerprint density at radius 1 is 1.39 bits per heavy atom. The summed E-state index contributed by atoms with van der Waals surface area (Å²) in [5.41, 5.74) is 4.25. The Balaban J connectivity index is 2.04. The van der Waals surface area contributed by atoms with E-state index in [2.05, 4.69) is 16.7 Å². The summed E-state index contributed by atoms with van der Waals surface area (Å²) in [6, 6.07) is 3.72. The zero-order valence-corrected chi connectivity index (χ0v) is 18.3. The molecule has 7 nitrogen and oxygen atoms in total. The summed E-state index contributed by atoms with van der Waals surface area (Å²) in [4.78, 5) is 22.5. The first-order valence-corrected chi connectivity index (χ1v) is 10.4. The van der Waals surface area contributed by atoms with Crippen molar-refractivity contribution in [2.75, 3.05) is 7.05 Å². The van der Waals surface area contributed by atoms with Crippen molar-refractivity contribution in [3.05, 3.63) is 53.7 Å². The molecule has 2 aromatic heterocycles. The number of fused-ring (bicyclic) bond motifs is 1. The predicted molar refractivity (Wildman–Crippen MR) is 122 cm³/mol. The van der Waals surface area contributed by atoms with Crippen LogP contribution in [0.2, 0.25) is 0 Å². The minimum atomic E-state index is -0.221. The number of hydrogen-bond acceptors (Lipinski definition) is 6. The van der Waals surface area contributed by atoms with E-state index in [1.165, 1.54) is 0 Å². The fourth-order valence-corrected chi connectivity index (χ4v) is 3.91. The Morgan fingerprint density at radius 2 is 2.13 bits per heavy atom. The second-order valence-corrected chi connectivity index (χ2v) is 7.84. The van der Waals surface area contributed by atoms with E-state index in [1.54, 1.807) is 17.7 Å². The monoisotopic (exact) mass is 418 g/mol. The first-order chi connectivity index (χ1) is 14.9. The Morgan fingerprint density at radius 3 is 2.68 bits per heavy atom. The van der Waals surface area contributed by atoms with Gasteiger partial charge in [-0.05, 0) is 63.5 Å². The van der Waals surface area contributed by atoms with Crippen LogP contribution >= 0.6 is 0 Å². The van der Waals surface area contributed by atoms with Gasteiger partial charge in [0.05, 0.1) is 16.8 Å². The molecule has 160 valence electrons. The molecule has 0 radical (unpaired) electrons. The zero-order valence-electron chi connectivity index (χ0n) is 18.3. The third-order valence-electron chi connectivity index (χ3n) is 5.54. The summed E-state index contributed by atoms with van der Waals surface area (Å²) in [5, 5.41) is 14.4. The number of Topliss-reactive ketones (excluding diaryl/α,β-unsaturated/α-hetero) is 1. The van der Waals surface area contributed by atoms with E-state index in [-0.39, 0.29) is 17.6 Å². The maximum Gasteiger partial charge on any atom is 0.213 e. The van der Waals surface area contributed by atoms with Gasteiger partial charge in [-0.1, -0.05) is 18.2 Å². The molecule has 31 heavy (non-hydrogen) atoms. The van der Waals surface area contributed by atoms with Crippen molar-refractivity contribution in [2.45, 2.75) is 46.0 Å². The van der Waals surface area contributed by atoms with Crippen LogP contribution in [-0.4, -0.2) is 38.4 Å². The summed E-state index contributed by atoms with van der Waals surface area (Å²) in [7, 11) is 1.60. The normalized spacial score (nSPS) is 14.6. The lowest BCUT2D eigenvalue weighted by atomic mass is 9.96. The van der Waals surface area contributed by atoms with Crippen molar-refractivity contribution in [3.8, 4) is 11.1 Å². The first-order valence-electron chi connectivity index (χ1n) is 10.4. The lowest BCUT2D eigenvalue weighted by molar-refractivity contribution is 0.106. The molecule has 0 spiro atoms. The largest absolute Gasteiger partial charge is 0.495 e. The Bertz CT molecular complexity index is 1240. The van der Waals surface area contributed by atoms with Crippen molar-refractivity contribution in [1.29, 1.82) is 0 Å². The van der Waals surface area contributed by atoms with Crippen LogP contribution in [0.5, 0.6) is 0 Å². The fraction of sp³-hybridized carbons (Fsp3) is 0.333. The van der Waals surface area contributed by atoms with Crippen molar-refractivity contribution < 1.29 is 14.4 Å². The summed E-state index contributed by atoms with van der Waals surface area (Å²) in [6.45, 7) is 9.44. The van der Waals surface area contributed by atoms with Gasteiger partial charge in [-0.15, -0.1) is 0 Å². The number of aryl methyl sites for hydroxylation is 2. The minimum Gasteiger partial charge on any atom is -0.495 e. The molecule has 1 fully saturated rings. The maximum atomic E-state index is 13.5. The maximum absolute atomic E-state index is 13.5. The van der Waals surface area contributed by atoms with Crippen LogP contribution in [0.3, 0.4) is 0 Å². The number of ketones is 1. The van der Waals surface area contributed by atoms with Gasteiger partial charge in [0, 0.05) is 18.5 Å². The SMILES string of the molecule is C=C(O)n1c(C2CC2)nc2c(C(=O)C(/C=C\CC)=NC)cc(-c3c(C)noc3C)cc21.